The van der Waals surface area contributed by atoms with Crippen molar-refractivity contribution in [2.75, 3.05) is 26.2 Å². The van der Waals surface area contributed by atoms with Gasteiger partial charge in [0.2, 0.25) is 10.0 Å². The van der Waals surface area contributed by atoms with E-state index in [9.17, 15) is 13.2 Å². The predicted octanol–water partition coefficient (Wildman–Crippen LogP) is 0.233. The predicted molar refractivity (Wildman–Crippen MR) is 111 cm³/mol. The third kappa shape index (κ3) is 4.39. The lowest BCUT2D eigenvalue weighted by atomic mass is 10.2. The molecule has 1 aliphatic rings. The Kier molecular flexibility index (Phi) is 5.49. The summed E-state index contributed by atoms with van der Waals surface area (Å²) in [4.78, 5) is 18.3. The molecule has 0 spiro atoms. The summed E-state index contributed by atoms with van der Waals surface area (Å²) in [5.74, 6) is 0.0333. The molecule has 0 radical (unpaired) electrons. The smallest absolute Gasteiger partial charge is 0.258 e. The van der Waals surface area contributed by atoms with E-state index in [4.69, 9.17) is 0 Å². The van der Waals surface area contributed by atoms with Gasteiger partial charge in [0.05, 0.1) is 31.9 Å². The van der Waals surface area contributed by atoms with E-state index in [2.05, 4.69) is 4.98 Å². The quantitative estimate of drug-likeness (QED) is 0.650. The van der Waals surface area contributed by atoms with Gasteiger partial charge in [-0.2, -0.15) is 4.31 Å². The third-order valence-corrected chi connectivity index (χ3v) is 7.23. The van der Waals surface area contributed by atoms with Crippen molar-refractivity contribution in [2.24, 2.45) is 0 Å². The van der Waals surface area contributed by atoms with Gasteiger partial charge < -0.3 is 4.90 Å². The Morgan fingerprint density at radius 1 is 1.03 bits per heavy atom. The number of aromatic nitrogens is 2. The molecule has 1 aromatic carbocycles. The molecule has 0 saturated carbocycles. The highest BCUT2D eigenvalue weighted by molar-refractivity contribution is 7.88. The zero-order valence-electron chi connectivity index (χ0n) is 16.4. The molecule has 1 N–H and O–H groups in total. The van der Waals surface area contributed by atoms with Gasteiger partial charge >= 0.3 is 0 Å². The Balaban J connectivity index is 1.41. The number of quaternary nitrogens is 1. The molecular weight excluding hydrogens is 388 g/mol. The maximum absolute atomic E-state index is 12.7. The van der Waals surface area contributed by atoms with Crippen LogP contribution in [0.25, 0.3) is 5.65 Å². The number of pyridine rings is 1. The summed E-state index contributed by atoms with van der Waals surface area (Å²) in [6.45, 7) is 4.86. The third-order valence-electron chi connectivity index (χ3n) is 5.38. The van der Waals surface area contributed by atoms with Crippen LogP contribution in [0.3, 0.4) is 0 Å². The van der Waals surface area contributed by atoms with Crippen LogP contribution in [-0.4, -0.2) is 48.3 Å². The maximum Gasteiger partial charge on any atom is 0.258 e. The molecule has 0 aliphatic carbocycles. The van der Waals surface area contributed by atoms with Crippen LogP contribution in [0.4, 0.5) is 0 Å². The molecule has 4 rings (SSSR count). The average Bonchev–Trinajstić information content (AvgIpc) is 2.69. The summed E-state index contributed by atoms with van der Waals surface area (Å²) in [5, 5.41) is 0. The normalized spacial score (nSPS) is 16.3. The first-order valence-electron chi connectivity index (χ1n) is 9.76. The Bertz CT molecular complexity index is 1170. The van der Waals surface area contributed by atoms with E-state index in [1.807, 2.05) is 55.5 Å². The standard InChI is InChI=1S/C21H24N4O3S/c1-17-6-5-9-20-22-19(14-21(26)25(17)20)15-23-10-12-24(13-11-23)29(27,28)16-18-7-3-2-4-8-18/h2-9,14H,10-13,15-16H2,1H3/p+1. The number of rotatable bonds is 5. The highest BCUT2D eigenvalue weighted by Crippen LogP contribution is 2.11. The van der Waals surface area contributed by atoms with E-state index >= 15 is 0 Å². The molecule has 8 heteroatoms. The van der Waals surface area contributed by atoms with Gasteiger partial charge in [-0.3, -0.25) is 9.20 Å². The van der Waals surface area contributed by atoms with Gasteiger partial charge in [-0.05, 0) is 24.6 Å². The van der Waals surface area contributed by atoms with E-state index in [1.54, 1.807) is 14.8 Å². The van der Waals surface area contributed by atoms with Gasteiger partial charge in [-0.1, -0.05) is 36.4 Å². The highest BCUT2D eigenvalue weighted by atomic mass is 32.2. The first kappa shape index (κ1) is 19.8. The largest absolute Gasteiger partial charge is 0.328 e. The summed E-state index contributed by atoms with van der Waals surface area (Å²) in [6.07, 6.45) is 0. The second kappa shape index (κ2) is 8.06. The zero-order chi connectivity index (χ0) is 20.4. The molecule has 152 valence electrons. The summed E-state index contributed by atoms with van der Waals surface area (Å²) in [5.41, 5.74) is 2.98. The molecule has 0 unspecified atom stereocenters. The number of sulfonamides is 1. The lowest BCUT2D eigenvalue weighted by molar-refractivity contribution is -0.917. The molecule has 1 fully saturated rings. The number of hydrogen-bond acceptors (Lipinski definition) is 4. The Morgan fingerprint density at radius 2 is 1.76 bits per heavy atom. The first-order valence-corrected chi connectivity index (χ1v) is 11.4. The molecular formula is C21H25N4O3S+. The molecule has 1 aliphatic heterocycles. The van der Waals surface area contributed by atoms with Crippen LogP contribution in [0.5, 0.6) is 0 Å². The van der Waals surface area contributed by atoms with Crippen molar-refractivity contribution in [3.63, 3.8) is 0 Å². The van der Waals surface area contributed by atoms with Crippen molar-refractivity contribution in [3.05, 3.63) is 81.9 Å². The summed E-state index contributed by atoms with van der Waals surface area (Å²) < 4.78 is 28.6. The van der Waals surface area contributed by atoms with Gasteiger partial charge in [0, 0.05) is 11.8 Å². The SMILES string of the molecule is Cc1cccc2nc(C[NH+]3CCN(S(=O)(=O)Cc4ccccc4)CC3)cc(=O)n12. The van der Waals surface area contributed by atoms with Crippen molar-refractivity contribution >= 4 is 15.7 Å². The minimum absolute atomic E-state index is 0.0333. The molecule has 0 atom stereocenters. The van der Waals surface area contributed by atoms with Crippen LogP contribution in [0, 0.1) is 6.92 Å². The monoisotopic (exact) mass is 413 g/mol. The number of nitrogens with zero attached hydrogens (tertiary/aromatic N) is 3. The van der Waals surface area contributed by atoms with Gasteiger partial charge in [0.25, 0.3) is 5.56 Å². The Morgan fingerprint density at radius 3 is 2.48 bits per heavy atom. The lowest BCUT2D eigenvalue weighted by Crippen LogP contribution is -3.13. The first-order chi connectivity index (χ1) is 13.9. The van der Waals surface area contributed by atoms with Crippen LogP contribution in [-0.2, 0) is 22.3 Å². The average molecular weight is 414 g/mol. The molecule has 3 aromatic rings. The van der Waals surface area contributed by atoms with E-state index in [0.29, 0.717) is 38.4 Å². The van der Waals surface area contributed by atoms with E-state index in [0.717, 1.165) is 17.0 Å². The number of nitrogens with one attached hydrogen (secondary N) is 1. The van der Waals surface area contributed by atoms with Crippen LogP contribution in [0.15, 0.2) is 59.4 Å². The summed E-state index contributed by atoms with van der Waals surface area (Å²) >= 11 is 0. The zero-order valence-corrected chi connectivity index (χ0v) is 17.2. The second-order valence-electron chi connectivity index (χ2n) is 7.51. The molecule has 0 amide bonds. The van der Waals surface area contributed by atoms with Gasteiger partial charge in [0.15, 0.2) is 0 Å². The molecule has 29 heavy (non-hydrogen) atoms. The highest BCUT2D eigenvalue weighted by Gasteiger charge is 2.29. The summed E-state index contributed by atoms with van der Waals surface area (Å²) in [6, 6.07) is 16.5. The van der Waals surface area contributed by atoms with Gasteiger partial charge in [-0.25, -0.2) is 13.4 Å². The Hall–Kier alpha value is -2.55. The minimum atomic E-state index is -3.32. The van der Waals surface area contributed by atoms with Gasteiger partial charge in [-0.15, -0.1) is 0 Å². The number of fused-ring (bicyclic) bond motifs is 1. The topological polar surface area (TPSA) is 76.2 Å². The number of piperazine rings is 1. The van der Waals surface area contributed by atoms with Crippen LogP contribution < -0.4 is 10.5 Å². The van der Waals surface area contributed by atoms with E-state index < -0.39 is 10.0 Å². The van der Waals surface area contributed by atoms with Crippen LogP contribution in [0.2, 0.25) is 0 Å². The number of hydrogen-bond donors (Lipinski definition) is 1. The van der Waals surface area contributed by atoms with Crippen molar-refractivity contribution in [1.29, 1.82) is 0 Å². The van der Waals surface area contributed by atoms with E-state index in [-0.39, 0.29) is 11.3 Å². The summed E-state index contributed by atoms with van der Waals surface area (Å²) in [7, 11) is -3.32. The van der Waals surface area contributed by atoms with Crippen molar-refractivity contribution < 1.29 is 13.3 Å². The van der Waals surface area contributed by atoms with Crippen molar-refractivity contribution in [1.82, 2.24) is 13.7 Å². The number of aryl methyl sites for hydroxylation is 1. The number of benzene rings is 1. The second-order valence-corrected chi connectivity index (χ2v) is 9.48. The molecule has 3 heterocycles. The fraction of sp³-hybridized carbons (Fsp3) is 0.333. The van der Waals surface area contributed by atoms with Crippen LogP contribution in [0.1, 0.15) is 17.0 Å². The van der Waals surface area contributed by atoms with Gasteiger partial charge in [0.1, 0.15) is 17.9 Å². The minimum Gasteiger partial charge on any atom is -0.328 e. The fourth-order valence-corrected chi connectivity index (χ4v) is 5.38. The van der Waals surface area contributed by atoms with Crippen molar-refractivity contribution in [3.8, 4) is 0 Å². The lowest BCUT2D eigenvalue weighted by Gasteiger charge is -2.31. The maximum atomic E-state index is 12.7. The Labute approximate surface area is 170 Å². The molecule has 7 nitrogen and oxygen atoms in total. The van der Waals surface area contributed by atoms with Crippen LogP contribution >= 0.6 is 0 Å². The fourth-order valence-electron chi connectivity index (χ4n) is 3.84. The van der Waals surface area contributed by atoms with E-state index in [1.165, 1.54) is 4.90 Å². The molecule has 0 bridgehead atoms. The molecule has 2 aromatic heterocycles. The van der Waals surface area contributed by atoms with Crippen molar-refractivity contribution in [2.45, 2.75) is 19.2 Å². The molecule has 1 saturated heterocycles.